The molecule has 0 aliphatic carbocycles. The summed E-state index contributed by atoms with van der Waals surface area (Å²) in [6.07, 6.45) is 89.5. The average molecular weight is 1540 g/mol. The van der Waals surface area contributed by atoms with E-state index < -0.39 is 15.6 Å². The third kappa shape index (κ3) is 70.9. The molecule has 0 aliphatic heterocycles. The molecule has 2 atom stereocenters. The SMILES string of the molecule is CC(C)=CCC/C(C)=C/CC/C(C)=C/CC/C(C)=C\CC/C(C)=C\CC/C(C)=C\CC/C(C)=C\CC/C(C)=C\CC/C(C)=C\CC/C(C)=C\CC/C(C)=C\CC/C(C)=C\CC/C(C)=C\CC/C(C)=C\CC/C(C)=C\CC/C(C)=C\CC/C(C)=C\CC/C(C)=C\CC/C(C)=C\CCC(C)CCOP(=O)(O)OP(=O)(O)O. The highest BCUT2D eigenvalue weighted by Crippen LogP contribution is 2.57. The molecule has 0 heterocycles. The van der Waals surface area contributed by atoms with Gasteiger partial charge in [0.1, 0.15) is 0 Å². The van der Waals surface area contributed by atoms with Crippen molar-refractivity contribution in [3.8, 4) is 0 Å². The van der Waals surface area contributed by atoms with Crippen molar-refractivity contribution in [1.82, 2.24) is 0 Å². The summed E-state index contributed by atoms with van der Waals surface area (Å²) in [5.41, 5.74) is 28.4. The fourth-order valence-corrected chi connectivity index (χ4v) is 14.6. The first-order valence-electron chi connectivity index (χ1n) is 42.8. The van der Waals surface area contributed by atoms with Gasteiger partial charge in [0.05, 0.1) is 6.61 Å². The van der Waals surface area contributed by atoms with Crippen LogP contribution >= 0.6 is 15.6 Å². The zero-order chi connectivity index (χ0) is 81.7. The van der Waals surface area contributed by atoms with Crippen molar-refractivity contribution in [3.63, 3.8) is 0 Å². The Morgan fingerprint density at radius 1 is 0.229 bits per heavy atom. The number of hydrogen-bond acceptors (Lipinski definition) is 4. The highest BCUT2D eigenvalue weighted by molar-refractivity contribution is 7.60. The van der Waals surface area contributed by atoms with E-state index in [-0.39, 0.29) is 12.5 Å². The second kappa shape index (κ2) is 65.7. The minimum absolute atomic E-state index is 0.114. The smallest absolute Gasteiger partial charge is 0.302 e. The molecule has 7 nitrogen and oxygen atoms in total. The van der Waals surface area contributed by atoms with Crippen molar-refractivity contribution in [2.45, 2.75) is 396 Å². The molecule has 0 amide bonds. The molecule has 2 unspecified atom stereocenters. The summed E-state index contributed by atoms with van der Waals surface area (Å²) < 4.78 is 30.9. The number of allylic oxidation sites excluding steroid dienone is 38. The lowest BCUT2D eigenvalue weighted by Gasteiger charge is -2.14. The first-order valence-corrected chi connectivity index (χ1v) is 45.8. The van der Waals surface area contributed by atoms with Crippen LogP contribution in [-0.2, 0) is 18.0 Å². The highest BCUT2D eigenvalue weighted by atomic mass is 31.3. The van der Waals surface area contributed by atoms with Gasteiger partial charge in [-0.15, -0.1) is 0 Å². The quantitative estimate of drug-likeness (QED) is 0.0411. The van der Waals surface area contributed by atoms with E-state index in [4.69, 9.17) is 14.3 Å². The van der Waals surface area contributed by atoms with Gasteiger partial charge >= 0.3 is 15.6 Å². The molecule has 0 aliphatic rings. The topological polar surface area (TPSA) is 113 Å². The zero-order valence-electron chi connectivity index (χ0n) is 74.2. The molecule has 0 aromatic heterocycles. The predicted molar refractivity (Wildman–Crippen MR) is 485 cm³/mol. The van der Waals surface area contributed by atoms with Crippen LogP contribution in [0.4, 0.5) is 0 Å². The minimum Gasteiger partial charge on any atom is -0.302 e. The molecule has 0 bridgehead atoms. The predicted octanol–water partition coefficient (Wildman–Crippen LogP) is 34.1. The zero-order valence-corrected chi connectivity index (χ0v) is 76.0. The van der Waals surface area contributed by atoms with E-state index in [0.29, 0.717) is 6.42 Å². The second-order valence-electron chi connectivity index (χ2n) is 33.2. The summed E-state index contributed by atoms with van der Waals surface area (Å²) in [4.78, 5) is 26.9. The van der Waals surface area contributed by atoms with Crippen LogP contribution in [-0.4, -0.2) is 21.3 Å². The van der Waals surface area contributed by atoms with Gasteiger partial charge in [0.2, 0.25) is 0 Å². The Bertz CT molecular complexity index is 3280. The first kappa shape index (κ1) is 104. The maximum Gasteiger partial charge on any atom is 0.481 e. The molecule has 0 fully saturated rings. The lowest BCUT2D eigenvalue weighted by atomic mass is 10.0. The number of phosphoric ester groups is 1. The van der Waals surface area contributed by atoms with Gasteiger partial charge in [-0.05, 0) is 395 Å². The van der Waals surface area contributed by atoms with E-state index >= 15 is 0 Å². The van der Waals surface area contributed by atoms with Crippen LogP contribution in [0.5, 0.6) is 0 Å². The summed E-state index contributed by atoms with van der Waals surface area (Å²) in [6.45, 7) is 47.5. The number of rotatable bonds is 63. The van der Waals surface area contributed by atoms with Crippen LogP contribution in [0.2, 0.25) is 0 Å². The maximum atomic E-state index is 11.6. The molecule has 0 spiro atoms. The first-order chi connectivity index (χ1) is 51.6. The fourth-order valence-electron chi connectivity index (χ4n) is 13.0. The van der Waals surface area contributed by atoms with Gasteiger partial charge in [0, 0.05) is 0 Å². The molecular formula is C100H166O7P2. The van der Waals surface area contributed by atoms with Gasteiger partial charge in [0.25, 0.3) is 0 Å². The molecular weight excluding hydrogens is 1380 g/mol. The average Bonchev–Trinajstić information content (AvgIpc) is 0.888. The molecule has 618 valence electrons. The van der Waals surface area contributed by atoms with Crippen molar-refractivity contribution in [2.24, 2.45) is 5.92 Å². The van der Waals surface area contributed by atoms with E-state index in [1.54, 1.807) is 0 Å². The van der Waals surface area contributed by atoms with E-state index in [0.717, 1.165) is 212 Å². The lowest BCUT2D eigenvalue weighted by molar-refractivity contribution is 0.170. The van der Waals surface area contributed by atoms with Crippen LogP contribution in [0.25, 0.3) is 0 Å². The third-order valence-electron chi connectivity index (χ3n) is 20.9. The van der Waals surface area contributed by atoms with Crippen LogP contribution in [0.1, 0.15) is 396 Å². The van der Waals surface area contributed by atoms with Crippen LogP contribution in [0.15, 0.2) is 221 Å². The monoisotopic (exact) mass is 1540 g/mol. The largest absolute Gasteiger partial charge is 0.481 e. The molecule has 0 rings (SSSR count). The Morgan fingerprint density at radius 3 is 0.505 bits per heavy atom. The van der Waals surface area contributed by atoms with Crippen LogP contribution < -0.4 is 0 Å². The molecule has 0 saturated heterocycles. The normalized spacial score (nSPS) is 16.0. The van der Waals surface area contributed by atoms with Crippen LogP contribution in [0.3, 0.4) is 0 Å². The van der Waals surface area contributed by atoms with E-state index in [1.807, 2.05) is 6.92 Å². The van der Waals surface area contributed by atoms with E-state index in [1.165, 1.54) is 138 Å². The number of hydrogen-bond donors (Lipinski definition) is 3. The Hall–Kier alpha value is -4.68. The Morgan fingerprint density at radius 2 is 0.367 bits per heavy atom. The van der Waals surface area contributed by atoms with Crippen LogP contribution in [0, 0.1) is 5.92 Å². The molecule has 0 radical (unpaired) electrons. The minimum atomic E-state index is -5.10. The van der Waals surface area contributed by atoms with Crippen molar-refractivity contribution in [2.75, 3.05) is 6.61 Å². The van der Waals surface area contributed by atoms with Gasteiger partial charge in [-0.2, -0.15) is 4.31 Å². The lowest BCUT2D eigenvalue weighted by Crippen LogP contribution is -2.02. The van der Waals surface area contributed by atoms with Crippen molar-refractivity contribution < 1.29 is 32.6 Å². The summed E-state index contributed by atoms with van der Waals surface area (Å²) in [5, 5.41) is 0. The van der Waals surface area contributed by atoms with Gasteiger partial charge in [-0.3, -0.25) is 4.52 Å². The van der Waals surface area contributed by atoms with Gasteiger partial charge in [-0.1, -0.05) is 228 Å². The molecule has 0 aromatic rings. The summed E-state index contributed by atoms with van der Waals surface area (Å²) in [6, 6.07) is 0. The maximum absolute atomic E-state index is 11.6. The summed E-state index contributed by atoms with van der Waals surface area (Å²) in [7, 11) is -9.87. The third-order valence-corrected chi connectivity index (χ3v) is 23.0. The highest BCUT2D eigenvalue weighted by Gasteiger charge is 2.32. The number of phosphoric acid groups is 2. The molecule has 3 N–H and O–H groups in total. The standard InChI is InChI=1S/C100H166O7P2/c1-81(2)41-22-42-82(3)43-23-44-83(4)45-24-46-84(5)47-25-48-85(6)49-26-50-86(7)51-27-52-87(8)53-28-54-88(9)55-29-56-89(10)57-30-58-90(11)59-31-60-91(12)61-32-62-92(13)63-33-64-93(14)65-34-66-94(15)67-35-68-95(16)69-36-70-96(17)71-37-72-97(18)73-38-74-98(19)75-39-76-99(20)77-40-78-100(21)79-80-106-109(104,105)107-108(101,102)103/h41,43,45,47,49,51,53,55,57,59,61,63,65,67,69,71,73,75,77,100H,22-40,42,44,46,48,50,52,54,56,58,60,62,64,66,68,70,72,74,76,78-80H2,1-21H3,(H,104,105)(H2,101,102,103)/b82-43+,83-45+,84-47-,85-49-,86-51-,87-53-,88-55-,89-57-,90-59-,91-61-,92-63-,93-65-,94-67-,95-69-,96-71-,97-73-,98-75-,99-77-. The van der Waals surface area contributed by atoms with Gasteiger partial charge < -0.3 is 14.7 Å². The van der Waals surface area contributed by atoms with Crippen molar-refractivity contribution in [1.29, 1.82) is 0 Å². The van der Waals surface area contributed by atoms with Gasteiger partial charge in [-0.25, -0.2) is 9.13 Å². The fraction of sp³-hybridized carbons (Fsp3) is 0.620. The molecule has 0 aromatic carbocycles. The Kier molecular flexibility index (Phi) is 62.9. The second-order valence-corrected chi connectivity index (χ2v) is 36.1. The summed E-state index contributed by atoms with van der Waals surface area (Å²) >= 11 is 0. The molecule has 109 heavy (non-hydrogen) atoms. The molecule has 0 saturated carbocycles. The van der Waals surface area contributed by atoms with Gasteiger partial charge in [0.15, 0.2) is 0 Å². The van der Waals surface area contributed by atoms with Crippen molar-refractivity contribution in [3.05, 3.63) is 221 Å². The summed E-state index contributed by atoms with van der Waals surface area (Å²) in [5.74, 6) is 0.217. The van der Waals surface area contributed by atoms with E-state index in [9.17, 15) is 14.0 Å². The van der Waals surface area contributed by atoms with Crippen molar-refractivity contribution >= 4 is 15.6 Å². The molecule has 9 heteroatoms. The van der Waals surface area contributed by atoms with E-state index in [2.05, 4.69) is 258 Å². The Labute approximate surface area is 673 Å². The Balaban J connectivity index is 4.36.